The maximum absolute atomic E-state index is 12.4. The monoisotopic (exact) mass is 327 g/mol. The topological polar surface area (TPSA) is 90.9 Å². The molecule has 3 aromatic rings. The highest BCUT2D eigenvalue weighted by Gasteiger charge is 2.17. The Kier molecular flexibility index (Phi) is 3.59. The maximum Gasteiger partial charge on any atom is 0.332 e. The van der Waals surface area contributed by atoms with Crippen molar-refractivity contribution >= 4 is 22.8 Å². The standard InChI is InChI=1S/C16H17N5O3/c1-9(22)17-11-7-5-10(6-8-11)13-18-14-12(19(13)2)15(23)21(4)16(24)20(14)3/h5-8H,1-4H3,(H,17,22). The number of hydrogen-bond donors (Lipinski definition) is 1. The van der Waals surface area contributed by atoms with Gasteiger partial charge in [-0.3, -0.25) is 18.7 Å². The summed E-state index contributed by atoms with van der Waals surface area (Å²) in [6.45, 7) is 1.44. The van der Waals surface area contributed by atoms with Crippen molar-refractivity contribution in [2.45, 2.75) is 6.92 Å². The second-order valence-electron chi connectivity index (χ2n) is 5.63. The Morgan fingerprint density at radius 2 is 1.62 bits per heavy atom. The molecule has 0 aliphatic heterocycles. The van der Waals surface area contributed by atoms with Crippen molar-refractivity contribution in [3.63, 3.8) is 0 Å². The largest absolute Gasteiger partial charge is 0.332 e. The number of aryl methyl sites for hydroxylation is 2. The molecule has 0 unspecified atom stereocenters. The Balaban J connectivity index is 2.21. The van der Waals surface area contributed by atoms with Crippen molar-refractivity contribution < 1.29 is 4.79 Å². The summed E-state index contributed by atoms with van der Waals surface area (Å²) in [5, 5.41) is 2.69. The van der Waals surface area contributed by atoms with Gasteiger partial charge in [0.2, 0.25) is 5.91 Å². The first kappa shape index (κ1) is 15.7. The molecule has 0 bridgehead atoms. The third-order valence-electron chi connectivity index (χ3n) is 3.94. The van der Waals surface area contributed by atoms with E-state index in [2.05, 4.69) is 10.3 Å². The second-order valence-corrected chi connectivity index (χ2v) is 5.63. The lowest BCUT2D eigenvalue weighted by Crippen LogP contribution is -2.37. The second kappa shape index (κ2) is 5.48. The number of imidazole rings is 1. The molecule has 0 saturated heterocycles. The zero-order chi connectivity index (χ0) is 17.6. The van der Waals surface area contributed by atoms with Gasteiger partial charge in [-0.1, -0.05) is 0 Å². The molecule has 0 spiro atoms. The summed E-state index contributed by atoms with van der Waals surface area (Å²) in [5.74, 6) is 0.418. The molecule has 2 aromatic heterocycles. The lowest BCUT2D eigenvalue weighted by molar-refractivity contribution is -0.114. The highest BCUT2D eigenvalue weighted by atomic mass is 16.2. The predicted molar refractivity (Wildman–Crippen MR) is 90.9 cm³/mol. The molecular weight excluding hydrogens is 310 g/mol. The van der Waals surface area contributed by atoms with Crippen LogP contribution in [0.1, 0.15) is 6.92 Å². The van der Waals surface area contributed by atoms with E-state index in [0.717, 1.165) is 10.1 Å². The molecule has 0 saturated carbocycles. The number of fused-ring (bicyclic) bond motifs is 1. The number of carbonyl (C=O) groups excluding carboxylic acids is 1. The van der Waals surface area contributed by atoms with Crippen LogP contribution >= 0.6 is 0 Å². The van der Waals surface area contributed by atoms with Gasteiger partial charge in [-0.15, -0.1) is 0 Å². The third-order valence-corrected chi connectivity index (χ3v) is 3.94. The Labute approximate surface area is 137 Å². The Morgan fingerprint density at radius 1 is 1.00 bits per heavy atom. The van der Waals surface area contributed by atoms with E-state index < -0.39 is 5.69 Å². The van der Waals surface area contributed by atoms with Crippen molar-refractivity contribution in [1.29, 1.82) is 0 Å². The van der Waals surface area contributed by atoms with Crippen LogP contribution in [0.5, 0.6) is 0 Å². The average molecular weight is 327 g/mol. The number of amides is 1. The predicted octanol–water partition coefficient (Wildman–Crippen LogP) is 0.596. The number of anilines is 1. The Morgan fingerprint density at radius 3 is 2.21 bits per heavy atom. The van der Waals surface area contributed by atoms with Crippen molar-refractivity contribution in [3.8, 4) is 11.4 Å². The average Bonchev–Trinajstić information content (AvgIpc) is 2.89. The van der Waals surface area contributed by atoms with E-state index in [1.165, 1.54) is 18.5 Å². The zero-order valence-electron chi connectivity index (χ0n) is 13.8. The first-order valence-electron chi connectivity index (χ1n) is 7.31. The number of benzene rings is 1. The van der Waals surface area contributed by atoms with Gasteiger partial charge >= 0.3 is 5.69 Å². The third kappa shape index (κ3) is 2.32. The molecule has 0 fully saturated rings. The Bertz CT molecular complexity index is 1070. The van der Waals surface area contributed by atoms with Crippen molar-refractivity contribution in [2.75, 3.05) is 5.32 Å². The number of nitrogens with one attached hydrogen (secondary N) is 1. The van der Waals surface area contributed by atoms with E-state index in [1.54, 1.807) is 42.9 Å². The van der Waals surface area contributed by atoms with Crippen LogP contribution in [0.25, 0.3) is 22.6 Å². The molecule has 1 aromatic carbocycles. The summed E-state index contributed by atoms with van der Waals surface area (Å²) >= 11 is 0. The van der Waals surface area contributed by atoms with Crippen LogP contribution in [0.2, 0.25) is 0 Å². The molecule has 3 rings (SSSR count). The quantitative estimate of drug-likeness (QED) is 0.746. The van der Waals surface area contributed by atoms with Gasteiger partial charge in [0, 0.05) is 39.3 Å². The molecule has 0 aliphatic rings. The van der Waals surface area contributed by atoms with Gasteiger partial charge < -0.3 is 9.88 Å². The van der Waals surface area contributed by atoms with Crippen LogP contribution in [0.15, 0.2) is 33.9 Å². The molecule has 1 amide bonds. The van der Waals surface area contributed by atoms with Gasteiger partial charge in [-0.05, 0) is 24.3 Å². The van der Waals surface area contributed by atoms with Crippen LogP contribution in [0, 0.1) is 0 Å². The van der Waals surface area contributed by atoms with Crippen LogP contribution in [-0.2, 0) is 25.9 Å². The van der Waals surface area contributed by atoms with Gasteiger partial charge in [0.15, 0.2) is 11.2 Å². The molecule has 8 heteroatoms. The van der Waals surface area contributed by atoms with Gasteiger partial charge in [0.25, 0.3) is 5.56 Å². The number of aromatic nitrogens is 4. The summed E-state index contributed by atoms with van der Waals surface area (Å²) in [6, 6.07) is 7.12. The van der Waals surface area contributed by atoms with Gasteiger partial charge in [0.1, 0.15) is 5.82 Å². The summed E-state index contributed by atoms with van der Waals surface area (Å²) in [5.41, 5.74) is 1.35. The van der Waals surface area contributed by atoms with Crippen molar-refractivity contribution in [3.05, 3.63) is 45.1 Å². The minimum atomic E-state index is -0.418. The van der Waals surface area contributed by atoms with Gasteiger partial charge in [0.05, 0.1) is 0 Å². The number of carbonyl (C=O) groups is 1. The summed E-state index contributed by atoms with van der Waals surface area (Å²) < 4.78 is 4.09. The fourth-order valence-corrected chi connectivity index (χ4v) is 2.68. The van der Waals surface area contributed by atoms with E-state index in [1.807, 2.05) is 0 Å². The molecule has 0 aliphatic carbocycles. The minimum Gasteiger partial charge on any atom is -0.326 e. The first-order chi connectivity index (χ1) is 11.3. The molecular formula is C16H17N5O3. The van der Waals surface area contributed by atoms with E-state index in [9.17, 15) is 14.4 Å². The lowest BCUT2D eigenvalue weighted by Gasteiger charge is -2.05. The van der Waals surface area contributed by atoms with E-state index in [4.69, 9.17) is 0 Å². The van der Waals surface area contributed by atoms with Crippen molar-refractivity contribution in [1.82, 2.24) is 18.7 Å². The van der Waals surface area contributed by atoms with Gasteiger partial charge in [-0.2, -0.15) is 0 Å². The molecule has 0 radical (unpaired) electrons. The van der Waals surface area contributed by atoms with Crippen LogP contribution in [-0.4, -0.2) is 24.6 Å². The van der Waals surface area contributed by atoms with Crippen LogP contribution in [0.4, 0.5) is 5.69 Å². The number of rotatable bonds is 2. The lowest BCUT2D eigenvalue weighted by atomic mass is 10.2. The normalized spacial score (nSPS) is 11.0. The smallest absolute Gasteiger partial charge is 0.326 e. The fourth-order valence-electron chi connectivity index (χ4n) is 2.68. The SMILES string of the molecule is CC(=O)Nc1ccc(-c2nc3c(c(=O)n(C)c(=O)n3C)n2C)cc1. The molecule has 1 N–H and O–H groups in total. The van der Waals surface area contributed by atoms with Crippen molar-refractivity contribution in [2.24, 2.45) is 21.1 Å². The highest BCUT2D eigenvalue weighted by Crippen LogP contribution is 2.22. The number of hydrogen-bond acceptors (Lipinski definition) is 4. The summed E-state index contributed by atoms with van der Waals surface area (Å²) in [4.78, 5) is 40.0. The molecule has 24 heavy (non-hydrogen) atoms. The molecule has 2 heterocycles. The van der Waals surface area contributed by atoms with E-state index >= 15 is 0 Å². The van der Waals surface area contributed by atoms with E-state index in [-0.39, 0.29) is 11.5 Å². The zero-order valence-corrected chi connectivity index (χ0v) is 13.8. The van der Waals surface area contributed by atoms with E-state index in [0.29, 0.717) is 22.7 Å². The summed E-state index contributed by atoms with van der Waals surface area (Å²) in [6.07, 6.45) is 0. The summed E-state index contributed by atoms with van der Waals surface area (Å²) in [7, 11) is 4.76. The van der Waals surface area contributed by atoms with Crippen LogP contribution < -0.4 is 16.6 Å². The maximum atomic E-state index is 12.4. The number of nitrogens with zero attached hydrogens (tertiary/aromatic N) is 4. The van der Waals surface area contributed by atoms with Crippen LogP contribution in [0.3, 0.4) is 0 Å². The first-order valence-corrected chi connectivity index (χ1v) is 7.31. The van der Waals surface area contributed by atoms with Gasteiger partial charge in [-0.25, -0.2) is 9.78 Å². The molecule has 124 valence electrons. The fraction of sp³-hybridized carbons (Fsp3) is 0.250. The molecule has 8 nitrogen and oxygen atoms in total. The Hall–Kier alpha value is -3.16. The minimum absolute atomic E-state index is 0.149. The highest BCUT2D eigenvalue weighted by molar-refractivity contribution is 5.89. The molecule has 0 atom stereocenters.